The molecule has 2 rings (SSSR count). The van der Waals surface area contributed by atoms with E-state index in [1.807, 2.05) is 55.4 Å². The van der Waals surface area contributed by atoms with Gasteiger partial charge in [0.05, 0.1) is 12.2 Å². The third-order valence-electron chi connectivity index (χ3n) is 4.16. The number of amides is 2. The van der Waals surface area contributed by atoms with Crippen molar-refractivity contribution in [2.75, 3.05) is 51.2 Å². The normalized spacial score (nSPS) is 10.4. The summed E-state index contributed by atoms with van der Waals surface area (Å²) in [5.41, 5.74) is 2.82. The molecule has 2 aromatic carbocycles. The predicted octanol–water partition coefficient (Wildman–Crippen LogP) is 2.67. The van der Waals surface area contributed by atoms with Crippen molar-refractivity contribution in [2.24, 2.45) is 0 Å². The largest absolute Gasteiger partial charge is 0.385 e. The van der Waals surface area contributed by atoms with Crippen LogP contribution in [0.25, 0.3) is 0 Å². The summed E-state index contributed by atoms with van der Waals surface area (Å²) in [6.45, 7) is 1.40. The Balaban J connectivity index is 1.95. The molecular formula is C22H29N3O4. The Morgan fingerprint density at radius 3 is 2.52 bits per heavy atom. The molecule has 0 aliphatic carbocycles. The van der Waals surface area contributed by atoms with Crippen LogP contribution in [0, 0.1) is 0 Å². The topological polar surface area (TPSA) is 79.9 Å². The minimum absolute atomic E-state index is 0.0666. The van der Waals surface area contributed by atoms with E-state index in [0.717, 1.165) is 17.7 Å². The lowest BCUT2D eigenvalue weighted by atomic mass is 10.1. The predicted molar refractivity (Wildman–Crippen MR) is 114 cm³/mol. The van der Waals surface area contributed by atoms with Crippen molar-refractivity contribution in [2.45, 2.75) is 13.0 Å². The van der Waals surface area contributed by atoms with Gasteiger partial charge in [-0.1, -0.05) is 30.3 Å². The zero-order valence-corrected chi connectivity index (χ0v) is 17.2. The number of nitrogens with one attached hydrogen (secondary N) is 2. The van der Waals surface area contributed by atoms with Crippen LogP contribution in [0.15, 0.2) is 48.5 Å². The number of nitrogens with zero attached hydrogens (tertiary/aromatic N) is 1. The van der Waals surface area contributed by atoms with Gasteiger partial charge in [0.25, 0.3) is 5.91 Å². The van der Waals surface area contributed by atoms with Gasteiger partial charge in [0.1, 0.15) is 6.61 Å². The molecule has 0 fully saturated rings. The van der Waals surface area contributed by atoms with Crippen molar-refractivity contribution in [3.05, 3.63) is 59.7 Å². The number of carbonyl (C=O) groups is 2. The van der Waals surface area contributed by atoms with E-state index in [1.54, 1.807) is 19.2 Å². The van der Waals surface area contributed by atoms with Crippen molar-refractivity contribution in [3.63, 3.8) is 0 Å². The van der Waals surface area contributed by atoms with E-state index in [9.17, 15) is 9.59 Å². The van der Waals surface area contributed by atoms with Crippen LogP contribution in [0.3, 0.4) is 0 Å². The van der Waals surface area contributed by atoms with Gasteiger partial charge >= 0.3 is 0 Å². The number of ether oxygens (including phenoxy) is 2. The van der Waals surface area contributed by atoms with E-state index in [-0.39, 0.29) is 18.4 Å². The molecule has 0 radical (unpaired) electrons. The van der Waals surface area contributed by atoms with Crippen LogP contribution in [0.4, 0.5) is 11.4 Å². The second kappa shape index (κ2) is 11.8. The average molecular weight is 399 g/mol. The Morgan fingerprint density at radius 1 is 1.07 bits per heavy atom. The first-order chi connectivity index (χ1) is 14.0. The van der Waals surface area contributed by atoms with E-state index in [4.69, 9.17) is 9.47 Å². The maximum atomic E-state index is 12.6. The van der Waals surface area contributed by atoms with Gasteiger partial charge in [0.15, 0.2) is 0 Å². The standard InChI is InChI=1S/C22H29N3O4/c1-25(2)20-11-10-18(14-19(20)22(27)23-12-7-13-28-3)24-21(26)16-29-15-17-8-5-4-6-9-17/h4-6,8-11,14H,7,12-13,15-16H2,1-3H3,(H,23,27)(H,24,26). The van der Waals surface area contributed by atoms with Gasteiger partial charge in [0.2, 0.25) is 5.91 Å². The second-order valence-electron chi connectivity index (χ2n) is 6.76. The summed E-state index contributed by atoms with van der Waals surface area (Å²) in [4.78, 5) is 26.6. The third kappa shape index (κ3) is 7.56. The monoisotopic (exact) mass is 399 g/mol. The molecular weight excluding hydrogens is 370 g/mol. The van der Waals surface area contributed by atoms with Gasteiger partial charge in [-0.2, -0.15) is 0 Å². The SMILES string of the molecule is COCCCNC(=O)c1cc(NC(=O)COCc2ccccc2)ccc1N(C)C. The van der Waals surface area contributed by atoms with E-state index in [1.165, 1.54) is 0 Å². The minimum Gasteiger partial charge on any atom is -0.385 e. The molecule has 0 bridgehead atoms. The molecule has 156 valence electrons. The Hall–Kier alpha value is -2.90. The Morgan fingerprint density at radius 2 is 1.83 bits per heavy atom. The quantitative estimate of drug-likeness (QED) is 0.568. The van der Waals surface area contributed by atoms with Crippen molar-refractivity contribution < 1.29 is 19.1 Å². The van der Waals surface area contributed by atoms with Crippen molar-refractivity contribution >= 4 is 23.2 Å². The summed E-state index contributed by atoms with van der Waals surface area (Å²) in [6.07, 6.45) is 0.731. The molecule has 0 spiro atoms. The zero-order valence-electron chi connectivity index (χ0n) is 17.2. The molecule has 0 unspecified atom stereocenters. The number of anilines is 2. The molecule has 0 saturated heterocycles. The van der Waals surface area contributed by atoms with Crippen molar-refractivity contribution in [1.82, 2.24) is 5.32 Å². The molecule has 0 aliphatic heterocycles. The first kappa shape index (κ1) is 22.4. The van der Waals surface area contributed by atoms with E-state index in [2.05, 4.69) is 10.6 Å². The maximum absolute atomic E-state index is 12.6. The summed E-state index contributed by atoms with van der Waals surface area (Å²) in [6, 6.07) is 14.9. The highest BCUT2D eigenvalue weighted by Gasteiger charge is 2.14. The van der Waals surface area contributed by atoms with Crippen molar-refractivity contribution in [3.8, 4) is 0 Å². The van der Waals surface area contributed by atoms with Gasteiger partial charge in [-0.3, -0.25) is 9.59 Å². The highest BCUT2D eigenvalue weighted by molar-refractivity contribution is 6.02. The summed E-state index contributed by atoms with van der Waals surface area (Å²) >= 11 is 0. The van der Waals surface area contributed by atoms with Crippen LogP contribution in [-0.2, 0) is 20.9 Å². The van der Waals surface area contributed by atoms with Crippen LogP contribution in [0.1, 0.15) is 22.3 Å². The Bertz CT molecular complexity index is 794. The summed E-state index contributed by atoms with van der Waals surface area (Å²) in [7, 11) is 5.36. The lowest BCUT2D eigenvalue weighted by Gasteiger charge is -2.18. The first-order valence-electron chi connectivity index (χ1n) is 9.51. The van der Waals surface area contributed by atoms with Crippen LogP contribution in [0.2, 0.25) is 0 Å². The van der Waals surface area contributed by atoms with Crippen LogP contribution in [-0.4, -0.2) is 52.8 Å². The fourth-order valence-corrected chi connectivity index (χ4v) is 2.73. The van der Waals surface area contributed by atoms with E-state index >= 15 is 0 Å². The maximum Gasteiger partial charge on any atom is 0.253 e. The molecule has 2 amide bonds. The molecule has 2 aromatic rings. The summed E-state index contributed by atoms with van der Waals surface area (Å²) < 4.78 is 10.5. The summed E-state index contributed by atoms with van der Waals surface area (Å²) in [5, 5.41) is 5.66. The van der Waals surface area contributed by atoms with Gasteiger partial charge in [-0.15, -0.1) is 0 Å². The molecule has 2 N–H and O–H groups in total. The number of hydrogen-bond donors (Lipinski definition) is 2. The molecule has 29 heavy (non-hydrogen) atoms. The first-order valence-corrected chi connectivity index (χ1v) is 9.51. The molecule has 0 saturated carbocycles. The molecule has 0 heterocycles. The zero-order chi connectivity index (χ0) is 21.1. The number of methoxy groups -OCH3 is 1. The highest BCUT2D eigenvalue weighted by atomic mass is 16.5. The average Bonchev–Trinajstić information content (AvgIpc) is 2.71. The minimum atomic E-state index is -0.273. The van der Waals surface area contributed by atoms with Gasteiger partial charge < -0.3 is 25.0 Å². The highest BCUT2D eigenvalue weighted by Crippen LogP contribution is 2.23. The van der Waals surface area contributed by atoms with Crippen LogP contribution < -0.4 is 15.5 Å². The van der Waals surface area contributed by atoms with Gasteiger partial charge in [-0.25, -0.2) is 0 Å². The van der Waals surface area contributed by atoms with Crippen LogP contribution >= 0.6 is 0 Å². The van der Waals surface area contributed by atoms with E-state index < -0.39 is 0 Å². The van der Waals surface area contributed by atoms with Crippen LogP contribution in [0.5, 0.6) is 0 Å². The fraction of sp³-hybridized carbons (Fsp3) is 0.364. The lowest BCUT2D eigenvalue weighted by molar-refractivity contribution is -0.121. The van der Waals surface area contributed by atoms with Crippen molar-refractivity contribution in [1.29, 1.82) is 0 Å². The second-order valence-corrected chi connectivity index (χ2v) is 6.76. The van der Waals surface area contributed by atoms with Gasteiger partial charge in [-0.05, 0) is 30.2 Å². The molecule has 7 heteroatoms. The van der Waals surface area contributed by atoms with E-state index in [0.29, 0.717) is 31.0 Å². The Labute approximate surface area is 172 Å². The smallest absolute Gasteiger partial charge is 0.253 e. The molecule has 0 atom stereocenters. The third-order valence-corrected chi connectivity index (χ3v) is 4.16. The number of carbonyl (C=O) groups excluding carboxylic acids is 2. The summed E-state index contributed by atoms with van der Waals surface area (Å²) in [5.74, 6) is -0.466. The lowest BCUT2D eigenvalue weighted by Crippen LogP contribution is -2.27. The fourth-order valence-electron chi connectivity index (χ4n) is 2.73. The molecule has 0 aromatic heterocycles. The Kier molecular flexibility index (Phi) is 9.14. The molecule has 7 nitrogen and oxygen atoms in total. The number of hydrogen-bond acceptors (Lipinski definition) is 5. The number of benzene rings is 2. The number of rotatable bonds is 11. The van der Waals surface area contributed by atoms with Gasteiger partial charge in [0, 0.05) is 45.7 Å². The molecule has 0 aliphatic rings.